The summed E-state index contributed by atoms with van der Waals surface area (Å²) in [6, 6.07) is 1.59. The van der Waals surface area contributed by atoms with Crippen molar-refractivity contribution in [2.45, 2.75) is 32.6 Å². The van der Waals surface area contributed by atoms with Gasteiger partial charge in [-0.1, -0.05) is 13.8 Å². The molecule has 0 saturated carbocycles. The highest BCUT2D eigenvalue weighted by Gasteiger charge is 2.15. The Morgan fingerprint density at radius 3 is 2.67 bits per heavy atom. The van der Waals surface area contributed by atoms with Gasteiger partial charge >= 0.3 is 0 Å². The van der Waals surface area contributed by atoms with Gasteiger partial charge in [0.2, 0.25) is 0 Å². The van der Waals surface area contributed by atoms with Crippen molar-refractivity contribution in [3.63, 3.8) is 0 Å². The Morgan fingerprint density at radius 1 is 1.40 bits per heavy atom. The topological polar surface area (TPSA) is 49.0 Å². The van der Waals surface area contributed by atoms with Gasteiger partial charge in [-0.05, 0) is 12.8 Å². The van der Waals surface area contributed by atoms with Crippen LogP contribution in [0.2, 0.25) is 0 Å². The van der Waals surface area contributed by atoms with E-state index in [1.54, 1.807) is 6.07 Å². The van der Waals surface area contributed by atoms with Crippen LogP contribution in [0.25, 0.3) is 0 Å². The van der Waals surface area contributed by atoms with Crippen molar-refractivity contribution in [3.8, 4) is 0 Å². The molecule has 0 amide bonds. The molecular formula is C11H17N3O. The van der Waals surface area contributed by atoms with Gasteiger partial charge in [0.25, 0.3) is 5.56 Å². The van der Waals surface area contributed by atoms with Crippen molar-refractivity contribution in [2.75, 3.05) is 18.0 Å². The standard InChI is InChI=1S/C11H17N3O/c1-8(2)11-12-9(7-10(15)13-11)14-5-3-4-6-14/h7-8H,3-6H2,1-2H3,(H,12,13,15). The van der Waals surface area contributed by atoms with Crippen LogP contribution in [0, 0.1) is 0 Å². The molecule has 0 unspecified atom stereocenters. The van der Waals surface area contributed by atoms with Gasteiger partial charge in [-0.25, -0.2) is 4.98 Å². The molecule has 1 aliphatic heterocycles. The van der Waals surface area contributed by atoms with Crippen molar-refractivity contribution in [1.29, 1.82) is 0 Å². The van der Waals surface area contributed by atoms with Crippen molar-refractivity contribution in [3.05, 3.63) is 22.2 Å². The third kappa shape index (κ3) is 2.19. The van der Waals surface area contributed by atoms with E-state index < -0.39 is 0 Å². The molecule has 0 aromatic carbocycles. The lowest BCUT2D eigenvalue weighted by Crippen LogP contribution is -2.23. The van der Waals surface area contributed by atoms with E-state index in [-0.39, 0.29) is 11.5 Å². The molecule has 0 atom stereocenters. The summed E-state index contributed by atoms with van der Waals surface area (Å²) in [5.74, 6) is 1.88. The molecule has 0 spiro atoms. The van der Waals surface area contributed by atoms with Gasteiger partial charge in [0, 0.05) is 25.1 Å². The number of aromatic nitrogens is 2. The Labute approximate surface area is 89.3 Å². The van der Waals surface area contributed by atoms with Gasteiger partial charge in [-0.3, -0.25) is 4.79 Å². The Kier molecular flexibility index (Phi) is 2.75. The fourth-order valence-corrected chi connectivity index (χ4v) is 1.84. The molecule has 1 aromatic rings. The molecule has 1 fully saturated rings. The first-order valence-electron chi connectivity index (χ1n) is 5.53. The smallest absolute Gasteiger partial charge is 0.252 e. The maximum absolute atomic E-state index is 11.5. The average Bonchev–Trinajstić information content (AvgIpc) is 2.69. The van der Waals surface area contributed by atoms with E-state index in [1.807, 2.05) is 13.8 Å². The molecule has 4 heteroatoms. The molecule has 1 N–H and O–H groups in total. The minimum atomic E-state index is -0.0457. The molecule has 2 rings (SSSR count). The Bertz CT molecular complexity index is 391. The lowest BCUT2D eigenvalue weighted by molar-refractivity contribution is 0.757. The number of nitrogens with zero attached hydrogens (tertiary/aromatic N) is 2. The molecule has 4 nitrogen and oxygen atoms in total. The fourth-order valence-electron chi connectivity index (χ4n) is 1.84. The summed E-state index contributed by atoms with van der Waals surface area (Å²) in [4.78, 5) is 20.9. The molecule has 82 valence electrons. The fraction of sp³-hybridized carbons (Fsp3) is 0.636. The zero-order valence-corrected chi connectivity index (χ0v) is 9.29. The third-order valence-corrected chi connectivity index (χ3v) is 2.72. The monoisotopic (exact) mass is 207 g/mol. The van der Waals surface area contributed by atoms with Crippen LogP contribution in [0.3, 0.4) is 0 Å². The zero-order valence-electron chi connectivity index (χ0n) is 9.29. The van der Waals surface area contributed by atoms with Crippen molar-refractivity contribution >= 4 is 5.82 Å². The first-order valence-corrected chi connectivity index (χ1v) is 5.53. The van der Waals surface area contributed by atoms with Crippen LogP contribution in [0.5, 0.6) is 0 Å². The summed E-state index contributed by atoms with van der Waals surface area (Å²) in [6.07, 6.45) is 2.40. The lowest BCUT2D eigenvalue weighted by Gasteiger charge is -2.17. The Morgan fingerprint density at radius 2 is 2.07 bits per heavy atom. The summed E-state index contributed by atoms with van der Waals surface area (Å²) >= 11 is 0. The highest BCUT2D eigenvalue weighted by atomic mass is 16.1. The van der Waals surface area contributed by atoms with E-state index in [0.717, 1.165) is 24.7 Å². The number of aromatic amines is 1. The van der Waals surface area contributed by atoms with Crippen molar-refractivity contribution < 1.29 is 0 Å². The van der Waals surface area contributed by atoms with E-state index in [4.69, 9.17) is 0 Å². The van der Waals surface area contributed by atoms with E-state index in [2.05, 4.69) is 14.9 Å². The van der Waals surface area contributed by atoms with Gasteiger partial charge in [0.05, 0.1) is 0 Å². The highest BCUT2D eigenvalue weighted by molar-refractivity contribution is 5.38. The quantitative estimate of drug-likeness (QED) is 0.799. The summed E-state index contributed by atoms with van der Waals surface area (Å²) in [6.45, 7) is 6.11. The summed E-state index contributed by atoms with van der Waals surface area (Å²) in [5, 5.41) is 0. The van der Waals surface area contributed by atoms with Gasteiger partial charge < -0.3 is 9.88 Å². The Balaban J connectivity index is 2.34. The van der Waals surface area contributed by atoms with E-state index >= 15 is 0 Å². The summed E-state index contributed by atoms with van der Waals surface area (Å²) in [5.41, 5.74) is -0.0457. The zero-order chi connectivity index (χ0) is 10.8. The van der Waals surface area contributed by atoms with Gasteiger partial charge in [-0.15, -0.1) is 0 Å². The minimum absolute atomic E-state index is 0.0457. The molecule has 1 aliphatic rings. The average molecular weight is 207 g/mol. The molecule has 0 radical (unpaired) electrons. The normalized spacial score (nSPS) is 16.3. The van der Waals surface area contributed by atoms with Crippen LogP contribution in [-0.2, 0) is 0 Å². The lowest BCUT2D eigenvalue weighted by atomic mass is 10.2. The molecule has 1 saturated heterocycles. The van der Waals surface area contributed by atoms with Crippen LogP contribution in [0.15, 0.2) is 10.9 Å². The minimum Gasteiger partial charge on any atom is -0.356 e. The number of rotatable bonds is 2. The number of hydrogen-bond acceptors (Lipinski definition) is 3. The maximum Gasteiger partial charge on any atom is 0.252 e. The number of hydrogen-bond donors (Lipinski definition) is 1. The van der Waals surface area contributed by atoms with E-state index in [1.165, 1.54) is 12.8 Å². The largest absolute Gasteiger partial charge is 0.356 e. The Hall–Kier alpha value is -1.32. The SMILES string of the molecule is CC(C)c1nc(N2CCCC2)cc(=O)[nH]1. The molecule has 0 bridgehead atoms. The predicted molar refractivity (Wildman–Crippen MR) is 60.4 cm³/mol. The summed E-state index contributed by atoms with van der Waals surface area (Å²) in [7, 11) is 0. The van der Waals surface area contributed by atoms with Crippen LogP contribution in [-0.4, -0.2) is 23.1 Å². The molecular weight excluding hydrogens is 190 g/mol. The number of anilines is 1. The second-order valence-electron chi connectivity index (χ2n) is 4.34. The number of nitrogens with one attached hydrogen (secondary N) is 1. The summed E-state index contributed by atoms with van der Waals surface area (Å²) < 4.78 is 0. The van der Waals surface area contributed by atoms with Crippen molar-refractivity contribution in [1.82, 2.24) is 9.97 Å². The van der Waals surface area contributed by atoms with Crippen LogP contribution < -0.4 is 10.5 Å². The van der Waals surface area contributed by atoms with E-state index in [9.17, 15) is 4.79 Å². The van der Waals surface area contributed by atoms with Gasteiger partial charge in [0.15, 0.2) is 0 Å². The van der Waals surface area contributed by atoms with E-state index in [0.29, 0.717) is 0 Å². The van der Waals surface area contributed by atoms with Gasteiger partial charge in [-0.2, -0.15) is 0 Å². The second kappa shape index (κ2) is 4.04. The first kappa shape index (κ1) is 10.2. The van der Waals surface area contributed by atoms with Crippen molar-refractivity contribution in [2.24, 2.45) is 0 Å². The third-order valence-electron chi connectivity index (χ3n) is 2.72. The van der Waals surface area contributed by atoms with Crippen LogP contribution in [0.1, 0.15) is 38.4 Å². The highest BCUT2D eigenvalue weighted by Crippen LogP contribution is 2.17. The van der Waals surface area contributed by atoms with Crippen LogP contribution >= 0.6 is 0 Å². The predicted octanol–water partition coefficient (Wildman–Crippen LogP) is 1.49. The van der Waals surface area contributed by atoms with Gasteiger partial charge in [0.1, 0.15) is 11.6 Å². The second-order valence-corrected chi connectivity index (χ2v) is 4.34. The van der Waals surface area contributed by atoms with Crippen LogP contribution in [0.4, 0.5) is 5.82 Å². The molecule has 0 aliphatic carbocycles. The maximum atomic E-state index is 11.5. The first-order chi connectivity index (χ1) is 7.16. The number of H-pyrrole nitrogens is 1. The molecule has 15 heavy (non-hydrogen) atoms. The molecule has 1 aromatic heterocycles. The molecule has 2 heterocycles.